The third-order valence-electron chi connectivity index (χ3n) is 3.31. The minimum absolute atomic E-state index is 0.104. The molecule has 0 spiro atoms. The van der Waals surface area contributed by atoms with Crippen LogP contribution in [0.4, 0.5) is 5.69 Å². The second-order valence-electron chi connectivity index (χ2n) is 5.51. The molecular formula is C16H23N5O5. The molecule has 10 nitrogen and oxygen atoms in total. The number of anilines is 1. The Balaban J connectivity index is 2.76. The maximum Gasteiger partial charge on any atom is 0.341 e. The zero-order chi connectivity index (χ0) is 19.5. The Kier molecular flexibility index (Phi) is 8.41. The lowest BCUT2D eigenvalue weighted by molar-refractivity contribution is -0.139. The summed E-state index contributed by atoms with van der Waals surface area (Å²) in [5.74, 6) is -1.63. The Labute approximate surface area is 150 Å². The lowest BCUT2D eigenvalue weighted by Gasteiger charge is -2.16. The van der Waals surface area contributed by atoms with E-state index in [4.69, 9.17) is 21.0 Å². The standard InChI is InChI=1S/C16H23N5O5/c1-10(3-2-6-19-16(17)18)21-15(25)12-7-11(20-9-22)4-5-13(12)26-8-14(23)24/h4-5,7,9-10H,2-3,6,8H2,1H3,(H,20,22)(H,21,25)(H,23,24)(H4,17,18,19). The van der Waals surface area contributed by atoms with Crippen molar-refractivity contribution in [3.8, 4) is 5.75 Å². The SMILES string of the molecule is CC(CCCNC(=N)N)NC(=O)c1cc(NC=O)ccc1OCC(=O)O. The number of nitrogens with two attached hydrogens (primary N) is 1. The zero-order valence-corrected chi connectivity index (χ0v) is 14.4. The van der Waals surface area contributed by atoms with E-state index in [9.17, 15) is 14.4 Å². The lowest BCUT2D eigenvalue weighted by Crippen LogP contribution is -2.35. The van der Waals surface area contributed by atoms with Crippen molar-refractivity contribution < 1.29 is 24.2 Å². The second-order valence-corrected chi connectivity index (χ2v) is 5.51. The summed E-state index contributed by atoms with van der Waals surface area (Å²) in [6.45, 7) is 1.74. The molecule has 142 valence electrons. The van der Waals surface area contributed by atoms with Crippen LogP contribution in [0.15, 0.2) is 18.2 Å². The van der Waals surface area contributed by atoms with Crippen molar-refractivity contribution in [3.05, 3.63) is 23.8 Å². The van der Waals surface area contributed by atoms with Gasteiger partial charge in [0.25, 0.3) is 5.91 Å². The van der Waals surface area contributed by atoms with Gasteiger partial charge in [0.05, 0.1) is 5.56 Å². The van der Waals surface area contributed by atoms with Gasteiger partial charge in [-0.15, -0.1) is 0 Å². The molecule has 0 aliphatic carbocycles. The van der Waals surface area contributed by atoms with E-state index in [1.807, 2.05) is 6.92 Å². The molecule has 1 atom stereocenters. The highest BCUT2D eigenvalue weighted by molar-refractivity contribution is 5.98. The number of benzene rings is 1. The van der Waals surface area contributed by atoms with E-state index in [0.717, 1.165) is 0 Å². The van der Waals surface area contributed by atoms with E-state index in [2.05, 4.69) is 16.0 Å². The maximum absolute atomic E-state index is 12.5. The van der Waals surface area contributed by atoms with Crippen LogP contribution in [0.25, 0.3) is 0 Å². The molecule has 0 aliphatic rings. The average Bonchev–Trinajstić information content (AvgIpc) is 2.57. The number of carboxylic acids is 1. The highest BCUT2D eigenvalue weighted by Gasteiger charge is 2.16. The molecule has 0 fully saturated rings. The summed E-state index contributed by atoms with van der Waals surface area (Å²) in [5, 5.41) is 23.7. The van der Waals surface area contributed by atoms with E-state index in [-0.39, 0.29) is 23.3 Å². The van der Waals surface area contributed by atoms with Crippen LogP contribution >= 0.6 is 0 Å². The number of rotatable bonds is 11. The molecule has 2 amide bonds. The molecule has 1 aromatic carbocycles. The van der Waals surface area contributed by atoms with Crippen LogP contribution in [0.2, 0.25) is 0 Å². The highest BCUT2D eigenvalue weighted by Crippen LogP contribution is 2.23. The number of amides is 2. The average molecular weight is 365 g/mol. The fourth-order valence-electron chi connectivity index (χ4n) is 2.14. The quantitative estimate of drug-likeness (QED) is 0.140. The minimum atomic E-state index is -1.17. The van der Waals surface area contributed by atoms with Gasteiger partial charge in [0, 0.05) is 18.3 Å². The molecule has 0 bridgehead atoms. The van der Waals surface area contributed by atoms with E-state index in [0.29, 0.717) is 31.5 Å². The largest absolute Gasteiger partial charge is 0.481 e. The summed E-state index contributed by atoms with van der Waals surface area (Å²) in [7, 11) is 0. The van der Waals surface area contributed by atoms with E-state index < -0.39 is 18.5 Å². The van der Waals surface area contributed by atoms with E-state index in [1.54, 1.807) is 0 Å². The van der Waals surface area contributed by atoms with Crippen molar-refractivity contribution in [2.75, 3.05) is 18.5 Å². The van der Waals surface area contributed by atoms with Crippen molar-refractivity contribution in [2.45, 2.75) is 25.8 Å². The van der Waals surface area contributed by atoms with Gasteiger partial charge >= 0.3 is 5.97 Å². The first-order chi connectivity index (χ1) is 12.3. The van der Waals surface area contributed by atoms with Gasteiger partial charge in [0.1, 0.15) is 5.75 Å². The van der Waals surface area contributed by atoms with Crippen molar-refractivity contribution in [1.82, 2.24) is 10.6 Å². The smallest absolute Gasteiger partial charge is 0.341 e. The summed E-state index contributed by atoms with van der Waals surface area (Å²) < 4.78 is 5.14. The van der Waals surface area contributed by atoms with Crippen LogP contribution < -0.4 is 26.4 Å². The molecule has 0 saturated carbocycles. The number of carbonyl (C=O) groups excluding carboxylic acids is 2. The molecule has 1 unspecified atom stereocenters. The van der Waals surface area contributed by atoms with Gasteiger partial charge in [-0.2, -0.15) is 0 Å². The molecule has 1 aromatic rings. The maximum atomic E-state index is 12.5. The molecule has 10 heteroatoms. The Hall–Kier alpha value is -3.30. The third-order valence-corrected chi connectivity index (χ3v) is 3.31. The Bertz CT molecular complexity index is 664. The molecular weight excluding hydrogens is 342 g/mol. The number of hydrogen-bond acceptors (Lipinski definition) is 5. The summed E-state index contributed by atoms with van der Waals surface area (Å²) in [4.78, 5) is 33.8. The topological polar surface area (TPSA) is 167 Å². The predicted molar refractivity (Wildman–Crippen MR) is 95.3 cm³/mol. The van der Waals surface area contributed by atoms with Crippen LogP contribution in [-0.4, -0.2) is 48.5 Å². The number of hydrogen-bond donors (Lipinski definition) is 6. The van der Waals surface area contributed by atoms with Gasteiger partial charge in [0.15, 0.2) is 12.6 Å². The van der Waals surface area contributed by atoms with Crippen LogP contribution in [0.3, 0.4) is 0 Å². The third kappa shape index (κ3) is 7.51. The van der Waals surface area contributed by atoms with Gasteiger partial charge < -0.3 is 31.5 Å². The molecule has 0 radical (unpaired) electrons. The number of aliphatic carboxylic acids is 1. The number of nitrogens with one attached hydrogen (secondary N) is 4. The number of carboxylic acid groups (broad SMARTS) is 1. The van der Waals surface area contributed by atoms with Crippen molar-refractivity contribution in [2.24, 2.45) is 5.73 Å². The highest BCUT2D eigenvalue weighted by atomic mass is 16.5. The van der Waals surface area contributed by atoms with Gasteiger partial charge in [-0.3, -0.25) is 15.0 Å². The molecule has 0 saturated heterocycles. The first kappa shape index (κ1) is 20.7. The molecule has 0 heterocycles. The summed E-state index contributed by atoms with van der Waals surface area (Å²) in [5.41, 5.74) is 5.69. The van der Waals surface area contributed by atoms with Crippen LogP contribution in [0.5, 0.6) is 5.75 Å². The van der Waals surface area contributed by atoms with Gasteiger partial charge in [-0.05, 0) is 38.0 Å². The molecule has 1 rings (SSSR count). The molecule has 26 heavy (non-hydrogen) atoms. The molecule has 0 aromatic heterocycles. The van der Waals surface area contributed by atoms with Crippen molar-refractivity contribution >= 4 is 29.9 Å². The van der Waals surface area contributed by atoms with E-state index >= 15 is 0 Å². The monoisotopic (exact) mass is 365 g/mol. The normalized spacial score (nSPS) is 11.1. The number of ether oxygens (including phenoxy) is 1. The van der Waals surface area contributed by atoms with Crippen LogP contribution in [0.1, 0.15) is 30.1 Å². The van der Waals surface area contributed by atoms with Crippen molar-refractivity contribution in [1.29, 1.82) is 5.41 Å². The molecule has 0 aliphatic heterocycles. The van der Waals surface area contributed by atoms with Gasteiger partial charge in [-0.1, -0.05) is 0 Å². The fraction of sp³-hybridized carbons (Fsp3) is 0.375. The summed E-state index contributed by atoms with van der Waals surface area (Å²) >= 11 is 0. The van der Waals surface area contributed by atoms with Crippen LogP contribution in [0, 0.1) is 5.41 Å². The fourth-order valence-corrected chi connectivity index (χ4v) is 2.14. The first-order valence-corrected chi connectivity index (χ1v) is 7.91. The van der Waals surface area contributed by atoms with E-state index in [1.165, 1.54) is 18.2 Å². The summed E-state index contributed by atoms with van der Waals surface area (Å²) in [6, 6.07) is 4.15. The van der Waals surface area contributed by atoms with Gasteiger partial charge in [0.2, 0.25) is 6.41 Å². The Morgan fingerprint density at radius 2 is 2.15 bits per heavy atom. The van der Waals surface area contributed by atoms with Gasteiger partial charge in [-0.25, -0.2) is 4.79 Å². The minimum Gasteiger partial charge on any atom is -0.481 e. The lowest BCUT2D eigenvalue weighted by atomic mass is 10.1. The second kappa shape index (κ2) is 10.5. The van der Waals surface area contributed by atoms with Crippen molar-refractivity contribution in [3.63, 3.8) is 0 Å². The summed E-state index contributed by atoms with van der Waals surface area (Å²) in [6.07, 6.45) is 1.80. The molecule has 7 N–H and O–H groups in total. The number of carbonyl (C=O) groups is 3. The Morgan fingerprint density at radius 1 is 1.42 bits per heavy atom. The first-order valence-electron chi connectivity index (χ1n) is 7.91. The zero-order valence-electron chi connectivity index (χ0n) is 14.4. The van der Waals surface area contributed by atoms with Crippen LogP contribution in [-0.2, 0) is 9.59 Å². The predicted octanol–water partition coefficient (Wildman–Crippen LogP) is 0.0999. The Morgan fingerprint density at radius 3 is 2.77 bits per heavy atom. The number of guanidine groups is 1.